The van der Waals surface area contributed by atoms with Gasteiger partial charge in [-0.3, -0.25) is 14.4 Å². The van der Waals surface area contributed by atoms with E-state index >= 15 is 0 Å². The summed E-state index contributed by atoms with van der Waals surface area (Å²) in [4.78, 5) is 38.7. The number of methoxy groups -OCH3 is 1. The highest BCUT2D eigenvalue weighted by molar-refractivity contribution is 6.00. The number of para-hydroxylation sites is 3. The third-order valence-electron chi connectivity index (χ3n) is 5.11. The molecule has 3 rings (SSSR count). The van der Waals surface area contributed by atoms with Gasteiger partial charge in [0.2, 0.25) is 5.91 Å². The quantitative estimate of drug-likeness (QED) is 0.480. The molecule has 0 aliphatic carbocycles. The Morgan fingerprint density at radius 2 is 1.65 bits per heavy atom. The first-order valence-corrected chi connectivity index (χ1v) is 10.8. The molecule has 3 aromatic carbocycles. The molecule has 0 unspecified atom stereocenters. The number of rotatable bonds is 10. The van der Waals surface area contributed by atoms with Crippen LogP contribution in [0.25, 0.3) is 0 Å². The third kappa shape index (κ3) is 6.13. The number of hydrogen-bond donors (Lipinski definition) is 2. The number of anilines is 1. The summed E-state index contributed by atoms with van der Waals surface area (Å²) in [5.41, 5.74) is 7.38. The minimum atomic E-state index is -0.579. The lowest BCUT2D eigenvalue weighted by atomic mass is 10.1. The number of amides is 3. The van der Waals surface area contributed by atoms with Crippen molar-refractivity contribution in [3.8, 4) is 11.5 Å². The van der Waals surface area contributed by atoms with Crippen LogP contribution in [0.5, 0.6) is 11.5 Å². The van der Waals surface area contributed by atoms with Crippen molar-refractivity contribution in [3.05, 3.63) is 89.5 Å². The van der Waals surface area contributed by atoms with E-state index in [1.807, 2.05) is 13.0 Å². The number of likely N-dealkylation sites (N-methyl/N-ethyl adjacent to an activating group) is 1. The average Bonchev–Trinajstić information content (AvgIpc) is 2.86. The molecule has 0 saturated carbocycles. The molecule has 0 heterocycles. The van der Waals surface area contributed by atoms with Crippen molar-refractivity contribution in [1.82, 2.24) is 4.90 Å². The highest BCUT2D eigenvalue weighted by Gasteiger charge is 2.19. The van der Waals surface area contributed by atoms with E-state index in [4.69, 9.17) is 15.2 Å². The number of hydrogen-bond acceptors (Lipinski definition) is 5. The van der Waals surface area contributed by atoms with Crippen molar-refractivity contribution in [3.63, 3.8) is 0 Å². The van der Waals surface area contributed by atoms with E-state index < -0.39 is 5.91 Å². The van der Waals surface area contributed by atoms with E-state index in [9.17, 15) is 14.4 Å². The second kappa shape index (κ2) is 11.5. The number of benzene rings is 3. The van der Waals surface area contributed by atoms with E-state index in [1.54, 1.807) is 66.7 Å². The molecule has 3 aromatic rings. The molecule has 176 valence electrons. The molecular weight excluding hydrogens is 434 g/mol. The van der Waals surface area contributed by atoms with Gasteiger partial charge in [-0.2, -0.15) is 0 Å². The lowest BCUT2D eigenvalue weighted by Crippen LogP contribution is -2.38. The van der Waals surface area contributed by atoms with Crippen LogP contribution in [0, 0.1) is 0 Å². The van der Waals surface area contributed by atoms with Gasteiger partial charge in [-0.15, -0.1) is 0 Å². The Morgan fingerprint density at radius 1 is 0.941 bits per heavy atom. The van der Waals surface area contributed by atoms with Gasteiger partial charge in [-0.25, -0.2) is 0 Å². The van der Waals surface area contributed by atoms with Gasteiger partial charge >= 0.3 is 0 Å². The number of nitrogens with two attached hydrogens (primary N) is 1. The first kappa shape index (κ1) is 24.3. The molecule has 8 heteroatoms. The summed E-state index contributed by atoms with van der Waals surface area (Å²) in [7, 11) is 1.52. The molecule has 0 atom stereocenters. The van der Waals surface area contributed by atoms with Crippen LogP contribution >= 0.6 is 0 Å². The van der Waals surface area contributed by atoms with Crippen molar-refractivity contribution >= 4 is 23.4 Å². The SMILES string of the molecule is CCN(CC(=O)Nc1ccccc1OC)C(=O)c1cccc(COc2ccccc2C(N)=O)c1. The first-order valence-electron chi connectivity index (χ1n) is 10.8. The van der Waals surface area contributed by atoms with E-state index in [1.165, 1.54) is 12.0 Å². The van der Waals surface area contributed by atoms with E-state index in [2.05, 4.69) is 5.32 Å². The third-order valence-corrected chi connectivity index (χ3v) is 5.11. The van der Waals surface area contributed by atoms with E-state index in [-0.39, 0.29) is 30.5 Å². The van der Waals surface area contributed by atoms with Gasteiger partial charge in [0, 0.05) is 12.1 Å². The summed E-state index contributed by atoms with van der Waals surface area (Å²) in [6.07, 6.45) is 0. The topological polar surface area (TPSA) is 111 Å². The number of nitrogens with one attached hydrogen (secondary N) is 1. The Labute approximate surface area is 198 Å². The minimum Gasteiger partial charge on any atom is -0.495 e. The van der Waals surface area contributed by atoms with Crippen molar-refractivity contribution in [1.29, 1.82) is 0 Å². The van der Waals surface area contributed by atoms with Crippen LogP contribution in [0.3, 0.4) is 0 Å². The molecule has 3 amide bonds. The number of carbonyl (C=O) groups is 3. The van der Waals surface area contributed by atoms with Gasteiger partial charge in [0.1, 0.15) is 24.7 Å². The maximum Gasteiger partial charge on any atom is 0.254 e. The largest absolute Gasteiger partial charge is 0.495 e. The zero-order chi connectivity index (χ0) is 24.5. The fourth-order valence-corrected chi connectivity index (χ4v) is 3.37. The summed E-state index contributed by atoms with van der Waals surface area (Å²) in [5, 5.41) is 2.78. The standard InChI is InChI=1S/C26H27N3O5/c1-3-29(16-24(30)28-21-12-5-7-14-23(21)33-2)26(32)19-10-8-9-18(15-19)17-34-22-13-6-4-11-20(22)25(27)31/h4-15H,3,16-17H2,1-2H3,(H2,27,31)(H,28,30). The smallest absolute Gasteiger partial charge is 0.254 e. The number of primary amides is 1. The molecule has 0 aliphatic rings. The Kier molecular flexibility index (Phi) is 8.23. The second-order valence-electron chi connectivity index (χ2n) is 7.42. The summed E-state index contributed by atoms with van der Waals surface area (Å²) in [6, 6.07) is 20.7. The molecule has 0 spiro atoms. The predicted octanol–water partition coefficient (Wildman–Crippen LogP) is 3.47. The summed E-state index contributed by atoms with van der Waals surface area (Å²) in [5.74, 6) is -0.283. The van der Waals surface area contributed by atoms with Crippen molar-refractivity contribution in [2.75, 3.05) is 25.5 Å². The Bertz CT molecular complexity index is 1180. The molecule has 0 aliphatic heterocycles. The number of carbonyl (C=O) groups excluding carboxylic acids is 3. The van der Waals surface area contributed by atoms with Crippen LogP contribution in [0.15, 0.2) is 72.8 Å². The van der Waals surface area contributed by atoms with Crippen molar-refractivity contribution in [2.24, 2.45) is 5.73 Å². The maximum absolute atomic E-state index is 13.1. The molecular formula is C26H27N3O5. The van der Waals surface area contributed by atoms with Gasteiger partial charge < -0.3 is 25.4 Å². The van der Waals surface area contributed by atoms with Gasteiger partial charge in [0.15, 0.2) is 0 Å². The van der Waals surface area contributed by atoms with E-state index in [0.717, 1.165) is 5.56 Å². The maximum atomic E-state index is 13.1. The van der Waals surface area contributed by atoms with Crippen molar-refractivity contribution < 1.29 is 23.9 Å². The lowest BCUT2D eigenvalue weighted by Gasteiger charge is -2.21. The summed E-state index contributed by atoms with van der Waals surface area (Å²) < 4.78 is 11.0. The molecule has 3 N–H and O–H groups in total. The molecule has 0 radical (unpaired) electrons. The summed E-state index contributed by atoms with van der Waals surface area (Å²) >= 11 is 0. The highest BCUT2D eigenvalue weighted by Crippen LogP contribution is 2.23. The molecule has 8 nitrogen and oxygen atoms in total. The van der Waals surface area contributed by atoms with Crippen LogP contribution in [0.1, 0.15) is 33.2 Å². The number of nitrogens with zero attached hydrogens (tertiary/aromatic N) is 1. The molecule has 0 fully saturated rings. The van der Waals surface area contributed by atoms with Crippen molar-refractivity contribution in [2.45, 2.75) is 13.5 Å². The van der Waals surface area contributed by atoms with Gasteiger partial charge in [0.05, 0.1) is 18.4 Å². The monoisotopic (exact) mass is 461 g/mol. The zero-order valence-corrected chi connectivity index (χ0v) is 19.1. The predicted molar refractivity (Wildman–Crippen MR) is 129 cm³/mol. The second-order valence-corrected chi connectivity index (χ2v) is 7.42. The molecule has 0 bridgehead atoms. The normalized spacial score (nSPS) is 10.3. The Balaban J connectivity index is 1.67. The minimum absolute atomic E-state index is 0.111. The van der Waals surface area contributed by atoms with Crippen LogP contribution in [0.2, 0.25) is 0 Å². The van der Waals surface area contributed by atoms with Crippen LogP contribution in [-0.4, -0.2) is 42.8 Å². The van der Waals surface area contributed by atoms with E-state index in [0.29, 0.717) is 29.3 Å². The lowest BCUT2D eigenvalue weighted by molar-refractivity contribution is -0.116. The van der Waals surface area contributed by atoms with Gasteiger partial charge in [-0.1, -0.05) is 36.4 Å². The van der Waals surface area contributed by atoms with Gasteiger partial charge in [0.25, 0.3) is 11.8 Å². The molecule has 0 saturated heterocycles. The van der Waals surface area contributed by atoms with Gasteiger partial charge in [-0.05, 0) is 48.9 Å². The average molecular weight is 462 g/mol. The Hall–Kier alpha value is -4.33. The van der Waals surface area contributed by atoms with Crippen LogP contribution in [-0.2, 0) is 11.4 Å². The molecule has 34 heavy (non-hydrogen) atoms. The number of ether oxygens (including phenoxy) is 2. The zero-order valence-electron chi connectivity index (χ0n) is 19.1. The highest BCUT2D eigenvalue weighted by atomic mass is 16.5. The fraction of sp³-hybridized carbons (Fsp3) is 0.192. The Morgan fingerprint density at radius 3 is 2.35 bits per heavy atom. The van der Waals surface area contributed by atoms with Crippen LogP contribution < -0.4 is 20.5 Å². The molecule has 0 aromatic heterocycles. The first-order chi connectivity index (χ1) is 16.4. The summed E-state index contributed by atoms with van der Waals surface area (Å²) in [6.45, 7) is 2.19. The van der Waals surface area contributed by atoms with Crippen LogP contribution in [0.4, 0.5) is 5.69 Å². The fourth-order valence-electron chi connectivity index (χ4n) is 3.37.